The Morgan fingerprint density at radius 3 is 2.83 bits per heavy atom. The lowest BCUT2D eigenvalue weighted by Gasteiger charge is -2.10. The molecule has 0 aliphatic rings. The summed E-state index contributed by atoms with van der Waals surface area (Å²) in [5.74, 6) is 0. The normalized spacial score (nSPS) is 11.0. The van der Waals surface area contributed by atoms with E-state index in [0.29, 0.717) is 0 Å². The Bertz CT molecular complexity index is 701. The topological polar surface area (TPSA) is 38.0 Å². The maximum absolute atomic E-state index is 9.48. The molecule has 3 aromatic rings. The highest BCUT2D eigenvalue weighted by Crippen LogP contribution is 2.22. The Morgan fingerprint density at radius 2 is 2.00 bits per heavy atom. The van der Waals surface area contributed by atoms with Crippen LogP contribution in [0.5, 0.6) is 0 Å². The van der Waals surface area contributed by atoms with Crippen LogP contribution in [0.4, 0.5) is 0 Å². The van der Waals surface area contributed by atoms with Gasteiger partial charge in [-0.05, 0) is 25.1 Å². The Balaban J connectivity index is 2.26. The van der Waals surface area contributed by atoms with Crippen LogP contribution >= 0.6 is 0 Å². The van der Waals surface area contributed by atoms with E-state index in [0.717, 1.165) is 27.8 Å². The van der Waals surface area contributed by atoms with Crippen molar-refractivity contribution in [2.45, 2.75) is 13.5 Å². The number of para-hydroxylation sites is 2. The van der Waals surface area contributed by atoms with Gasteiger partial charge in [0.05, 0.1) is 23.3 Å². The number of nitrogens with zero attached hydrogens (tertiary/aromatic N) is 2. The second kappa shape index (κ2) is 4.27. The molecular formula is C15H14N2O. The second-order valence-corrected chi connectivity index (χ2v) is 4.39. The molecule has 0 bridgehead atoms. The highest BCUT2D eigenvalue weighted by molar-refractivity contribution is 5.77. The van der Waals surface area contributed by atoms with Crippen LogP contribution in [0, 0.1) is 6.92 Å². The fourth-order valence-electron chi connectivity index (χ4n) is 2.23. The summed E-state index contributed by atoms with van der Waals surface area (Å²) in [6.07, 6.45) is 1.80. The molecule has 90 valence electrons. The van der Waals surface area contributed by atoms with Gasteiger partial charge in [0.25, 0.3) is 0 Å². The number of benzene rings is 2. The maximum atomic E-state index is 9.48. The van der Waals surface area contributed by atoms with Crippen molar-refractivity contribution in [3.63, 3.8) is 0 Å². The molecule has 0 saturated carbocycles. The van der Waals surface area contributed by atoms with Gasteiger partial charge in [-0.3, -0.25) is 4.57 Å². The zero-order valence-electron chi connectivity index (χ0n) is 10.2. The van der Waals surface area contributed by atoms with Crippen LogP contribution in [0.1, 0.15) is 11.1 Å². The molecule has 0 amide bonds. The first-order valence-corrected chi connectivity index (χ1v) is 5.92. The van der Waals surface area contributed by atoms with Crippen molar-refractivity contribution in [1.82, 2.24) is 9.55 Å². The van der Waals surface area contributed by atoms with E-state index < -0.39 is 0 Å². The molecule has 2 aromatic carbocycles. The number of aromatic nitrogens is 2. The van der Waals surface area contributed by atoms with Gasteiger partial charge >= 0.3 is 0 Å². The lowest BCUT2D eigenvalue weighted by atomic mass is 10.1. The monoisotopic (exact) mass is 238 g/mol. The van der Waals surface area contributed by atoms with Gasteiger partial charge < -0.3 is 5.11 Å². The third kappa shape index (κ3) is 1.69. The Morgan fingerprint density at radius 1 is 1.17 bits per heavy atom. The van der Waals surface area contributed by atoms with Crippen LogP contribution in [0.15, 0.2) is 48.8 Å². The van der Waals surface area contributed by atoms with Gasteiger partial charge in [-0.15, -0.1) is 0 Å². The second-order valence-electron chi connectivity index (χ2n) is 4.39. The molecule has 3 rings (SSSR count). The molecule has 18 heavy (non-hydrogen) atoms. The van der Waals surface area contributed by atoms with Gasteiger partial charge in [0.15, 0.2) is 0 Å². The number of aryl methyl sites for hydroxylation is 1. The van der Waals surface area contributed by atoms with E-state index in [4.69, 9.17) is 0 Å². The van der Waals surface area contributed by atoms with Crippen LogP contribution in [0.3, 0.4) is 0 Å². The smallest absolute Gasteiger partial charge is 0.100 e. The molecule has 0 unspecified atom stereocenters. The Hall–Kier alpha value is -2.13. The van der Waals surface area contributed by atoms with E-state index in [1.54, 1.807) is 6.33 Å². The SMILES string of the molecule is Cc1ccc(-n2cnc3ccccc32)c(CO)c1. The van der Waals surface area contributed by atoms with E-state index in [1.807, 2.05) is 54.0 Å². The molecule has 1 N–H and O–H groups in total. The van der Waals surface area contributed by atoms with E-state index in [2.05, 4.69) is 4.98 Å². The average Bonchev–Trinajstić information content (AvgIpc) is 2.82. The maximum Gasteiger partial charge on any atom is 0.100 e. The van der Waals surface area contributed by atoms with Crippen molar-refractivity contribution in [3.05, 3.63) is 59.9 Å². The summed E-state index contributed by atoms with van der Waals surface area (Å²) in [6, 6.07) is 14.1. The van der Waals surface area contributed by atoms with E-state index in [1.165, 1.54) is 0 Å². The number of hydrogen-bond acceptors (Lipinski definition) is 2. The first kappa shape index (κ1) is 11.0. The first-order valence-electron chi connectivity index (χ1n) is 5.92. The van der Waals surface area contributed by atoms with Crippen LogP contribution in [-0.2, 0) is 6.61 Å². The van der Waals surface area contributed by atoms with Crippen LogP contribution in [-0.4, -0.2) is 14.7 Å². The molecule has 0 fully saturated rings. The summed E-state index contributed by atoms with van der Waals surface area (Å²) < 4.78 is 2.01. The number of fused-ring (bicyclic) bond motifs is 1. The van der Waals surface area contributed by atoms with Crippen molar-refractivity contribution < 1.29 is 5.11 Å². The minimum Gasteiger partial charge on any atom is -0.392 e. The lowest BCUT2D eigenvalue weighted by Crippen LogP contribution is -1.99. The predicted molar refractivity (Wildman–Crippen MR) is 71.7 cm³/mol. The molecule has 0 aliphatic carbocycles. The van der Waals surface area contributed by atoms with Gasteiger partial charge in [0.1, 0.15) is 6.33 Å². The molecular weight excluding hydrogens is 224 g/mol. The van der Waals surface area contributed by atoms with Crippen molar-refractivity contribution in [2.75, 3.05) is 0 Å². The number of imidazole rings is 1. The molecule has 0 spiro atoms. The highest BCUT2D eigenvalue weighted by atomic mass is 16.3. The van der Waals surface area contributed by atoms with Crippen LogP contribution < -0.4 is 0 Å². The minimum absolute atomic E-state index is 0.0313. The average molecular weight is 238 g/mol. The zero-order valence-corrected chi connectivity index (χ0v) is 10.2. The molecule has 0 aliphatic heterocycles. The number of hydrogen-bond donors (Lipinski definition) is 1. The lowest BCUT2D eigenvalue weighted by molar-refractivity contribution is 0.281. The zero-order chi connectivity index (χ0) is 12.5. The molecule has 3 heteroatoms. The van der Waals surface area contributed by atoms with Gasteiger partial charge in [0.2, 0.25) is 0 Å². The van der Waals surface area contributed by atoms with E-state index in [9.17, 15) is 5.11 Å². The van der Waals surface area contributed by atoms with Gasteiger partial charge in [0, 0.05) is 5.56 Å². The third-order valence-corrected chi connectivity index (χ3v) is 3.12. The number of aliphatic hydroxyl groups is 1. The van der Waals surface area contributed by atoms with Gasteiger partial charge in [-0.2, -0.15) is 0 Å². The van der Waals surface area contributed by atoms with Gasteiger partial charge in [-0.1, -0.05) is 29.8 Å². The first-order chi connectivity index (χ1) is 8.79. The van der Waals surface area contributed by atoms with E-state index in [-0.39, 0.29) is 6.61 Å². The number of rotatable bonds is 2. The summed E-state index contributed by atoms with van der Waals surface area (Å²) in [5.41, 5.74) is 5.06. The molecule has 0 saturated heterocycles. The summed E-state index contributed by atoms with van der Waals surface area (Å²) in [5, 5.41) is 9.48. The van der Waals surface area contributed by atoms with Crippen molar-refractivity contribution >= 4 is 11.0 Å². The fourth-order valence-corrected chi connectivity index (χ4v) is 2.23. The summed E-state index contributed by atoms with van der Waals surface area (Å²) >= 11 is 0. The van der Waals surface area contributed by atoms with Crippen molar-refractivity contribution in [1.29, 1.82) is 0 Å². The van der Waals surface area contributed by atoms with Crippen molar-refractivity contribution in [2.24, 2.45) is 0 Å². The molecule has 1 aromatic heterocycles. The molecule has 0 radical (unpaired) electrons. The largest absolute Gasteiger partial charge is 0.392 e. The summed E-state index contributed by atoms with van der Waals surface area (Å²) in [4.78, 5) is 4.37. The Kier molecular flexibility index (Phi) is 2.61. The standard InChI is InChI=1S/C15H14N2O/c1-11-6-7-14(12(8-11)9-18)17-10-16-13-4-2-3-5-15(13)17/h2-8,10,18H,9H2,1H3. The highest BCUT2D eigenvalue weighted by Gasteiger charge is 2.08. The predicted octanol–water partition coefficient (Wildman–Crippen LogP) is 2.83. The summed E-state index contributed by atoms with van der Waals surface area (Å²) in [6.45, 7) is 2.05. The quantitative estimate of drug-likeness (QED) is 0.745. The van der Waals surface area contributed by atoms with E-state index >= 15 is 0 Å². The molecule has 3 nitrogen and oxygen atoms in total. The Labute approximate surface area is 105 Å². The molecule has 1 heterocycles. The van der Waals surface area contributed by atoms with Gasteiger partial charge in [-0.25, -0.2) is 4.98 Å². The molecule has 0 atom stereocenters. The summed E-state index contributed by atoms with van der Waals surface area (Å²) in [7, 11) is 0. The van der Waals surface area contributed by atoms with Crippen molar-refractivity contribution in [3.8, 4) is 5.69 Å². The third-order valence-electron chi connectivity index (χ3n) is 3.12. The van der Waals surface area contributed by atoms with Crippen LogP contribution in [0.25, 0.3) is 16.7 Å². The fraction of sp³-hybridized carbons (Fsp3) is 0.133. The minimum atomic E-state index is 0.0313. The van der Waals surface area contributed by atoms with Crippen LogP contribution in [0.2, 0.25) is 0 Å². The number of aliphatic hydroxyl groups excluding tert-OH is 1.